The first-order valence-electron chi connectivity index (χ1n) is 27.7. The molecule has 11 atom stereocenters. The van der Waals surface area contributed by atoms with Gasteiger partial charge >= 0.3 is 17.9 Å². The molecule has 33 nitrogen and oxygen atoms in total. The van der Waals surface area contributed by atoms with Crippen LogP contribution in [0.5, 0.6) is 0 Å². The molecule has 0 radical (unpaired) electrons. The third-order valence-corrected chi connectivity index (χ3v) is 13.2. The third kappa shape index (κ3) is 31.1. The predicted molar refractivity (Wildman–Crippen MR) is 313 cm³/mol. The van der Waals surface area contributed by atoms with Crippen LogP contribution in [-0.4, -0.2) is 207 Å². The molecule has 0 rings (SSSR count). The third-order valence-electron chi connectivity index (χ3n) is 12.5. The molecular weight excluding hydrogens is 1180 g/mol. The lowest BCUT2D eigenvalue weighted by molar-refractivity contribution is -0.142. The number of carboxylic acid groups (broad SMARTS) is 3. The number of unbranched alkanes of at least 4 members (excludes halogenated alkanes) is 1. The Bertz CT molecular complexity index is 2370. The number of aliphatic carboxylic acids is 3. The van der Waals surface area contributed by atoms with Crippen molar-refractivity contribution in [1.82, 2.24) is 58.5 Å². The number of nitrogens with one attached hydrogen (secondary N) is 11. The highest BCUT2D eigenvalue weighted by molar-refractivity contribution is 7.80. The van der Waals surface area contributed by atoms with Gasteiger partial charge in [-0.3, -0.25) is 67.1 Å². The van der Waals surface area contributed by atoms with Gasteiger partial charge in [0.25, 0.3) is 0 Å². The molecular formula is C51H88N14O19S2. The summed E-state index contributed by atoms with van der Waals surface area (Å²) in [5.74, 6) is -18.0. The monoisotopic (exact) mass is 1260 g/mol. The highest BCUT2D eigenvalue weighted by Gasteiger charge is 2.36. The minimum Gasteiger partial charge on any atom is -0.481 e. The van der Waals surface area contributed by atoms with Crippen LogP contribution in [0.2, 0.25) is 0 Å². The lowest BCUT2D eigenvalue weighted by Crippen LogP contribution is -2.61. The highest BCUT2D eigenvalue weighted by Crippen LogP contribution is 2.13. The summed E-state index contributed by atoms with van der Waals surface area (Å²) in [5.41, 5.74) is 16.8. The second-order valence-corrected chi connectivity index (χ2v) is 22.0. The summed E-state index contributed by atoms with van der Waals surface area (Å²) in [6.07, 6.45) is -2.47. The van der Waals surface area contributed by atoms with E-state index in [1.54, 1.807) is 27.7 Å². The fourth-order valence-corrected chi connectivity index (χ4v) is 8.15. The number of primary amides is 1. The van der Waals surface area contributed by atoms with Gasteiger partial charge in [-0.2, -0.15) is 25.3 Å². The second-order valence-electron chi connectivity index (χ2n) is 21.3. The van der Waals surface area contributed by atoms with E-state index < -0.39 is 206 Å². The Morgan fingerprint density at radius 2 is 0.895 bits per heavy atom. The Morgan fingerprint density at radius 1 is 0.453 bits per heavy atom. The summed E-state index contributed by atoms with van der Waals surface area (Å²) < 4.78 is 0. The van der Waals surface area contributed by atoms with Gasteiger partial charge in [0.05, 0.1) is 25.6 Å². The Kier molecular flexibility index (Phi) is 37.4. The van der Waals surface area contributed by atoms with Crippen LogP contribution in [0.4, 0.5) is 0 Å². The van der Waals surface area contributed by atoms with Gasteiger partial charge in [0.1, 0.15) is 60.4 Å². The zero-order valence-corrected chi connectivity index (χ0v) is 51.0. The predicted octanol–water partition coefficient (Wildman–Crippen LogP) is -6.28. The largest absolute Gasteiger partial charge is 0.481 e. The van der Waals surface area contributed by atoms with Crippen LogP contribution < -0.4 is 75.7 Å². The molecule has 0 aliphatic carbocycles. The molecule has 0 saturated heterocycles. The smallest absolute Gasteiger partial charge is 0.327 e. The number of amides is 12. The molecule has 35 heteroatoms. The molecule has 21 N–H and O–H groups in total. The first kappa shape index (κ1) is 78.6. The second kappa shape index (κ2) is 40.9. The van der Waals surface area contributed by atoms with Crippen LogP contribution >= 0.6 is 25.3 Å². The summed E-state index contributed by atoms with van der Waals surface area (Å²) in [6, 6.07) is -16.5. The number of nitrogens with two attached hydrogens (primary N) is 3. The Hall–Kier alpha value is -7.37. The molecule has 0 fully saturated rings. The maximum Gasteiger partial charge on any atom is 0.327 e. The van der Waals surface area contributed by atoms with E-state index in [0.717, 1.165) is 0 Å². The Labute approximate surface area is 508 Å². The minimum atomic E-state index is -1.82. The summed E-state index contributed by atoms with van der Waals surface area (Å²) in [7, 11) is 0. The van der Waals surface area contributed by atoms with Crippen LogP contribution in [0, 0.1) is 17.8 Å². The van der Waals surface area contributed by atoms with Crippen molar-refractivity contribution in [2.45, 2.75) is 179 Å². The van der Waals surface area contributed by atoms with E-state index in [9.17, 15) is 92.3 Å². The molecule has 0 aliphatic rings. The van der Waals surface area contributed by atoms with Gasteiger partial charge in [-0.1, -0.05) is 41.5 Å². The van der Waals surface area contributed by atoms with Crippen LogP contribution in [0.1, 0.15) is 113 Å². The van der Waals surface area contributed by atoms with E-state index in [1.807, 2.05) is 0 Å². The normalized spacial score (nSPS) is 15.0. The number of carboxylic acids is 3. The number of hydrogen-bond donors (Lipinski definition) is 20. The average Bonchev–Trinajstić information content (AvgIpc) is 3.01. The molecule has 0 spiro atoms. The number of rotatable bonds is 43. The topological polar surface area (TPSA) is 547 Å². The van der Waals surface area contributed by atoms with E-state index in [1.165, 1.54) is 20.8 Å². The van der Waals surface area contributed by atoms with Crippen LogP contribution in [0.25, 0.3) is 0 Å². The maximum atomic E-state index is 14.2. The van der Waals surface area contributed by atoms with E-state index in [2.05, 4.69) is 83.7 Å². The van der Waals surface area contributed by atoms with Crippen molar-refractivity contribution in [3.05, 3.63) is 0 Å². The van der Waals surface area contributed by atoms with E-state index in [0.29, 0.717) is 6.42 Å². The molecule has 12 amide bonds. The number of aliphatic hydroxyl groups excluding tert-OH is 1. The van der Waals surface area contributed by atoms with Crippen LogP contribution in [0.15, 0.2) is 0 Å². The molecule has 0 aliphatic heterocycles. The van der Waals surface area contributed by atoms with Crippen molar-refractivity contribution >= 4 is 114 Å². The minimum absolute atomic E-state index is 0.0397. The van der Waals surface area contributed by atoms with Crippen molar-refractivity contribution < 1.29 is 92.3 Å². The lowest BCUT2D eigenvalue weighted by Gasteiger charge is -2.29. The number of thiol groups is 2. The van der Waals surface area contributed by atoms with E-state index in [4.69, 9.17) is 17.2 Å². The molecule has 0 saturated carbocycles. The Balaban J connectivity index is 6.55. The maximum absolute atomic E-state index is 14.2. The van der Waals surface area contributed by atoms with Gasteiger partial charge < -0.3 is 96.1 Å². The van der Waals surface area contributed by atoms with Gasteiger partial charge in [0.2, 0.25) is 70.9 Å². The molecule has 0 aromatic carbocycles. The van der Waals surface area contributed by atoms with E-state index >= 15 is 0 Å². The van der Waals surface area contributed by atoms with Gasteiger partial charge in [0.15, 0.2) is 0 Å². The summed E-state index contributed by atoms with van der Waals surface area (Å²) in [6.45, 7) is 9.23. The molecule has 0 unspecified atom stereocenters. The van der Waals surface area contributed by atoms with Gasteiger partial charge in [-0.05, 0) is 76.2 Å². The number of carbonyl (C=O) groups excluding carboxylic acids is 12. The van der Waals surface area contributed by atoms with Crippen molar-refractivity contribution in [3.63, 3.8) is 0 Å². The van der Waals surface area contributed by atoms with E-state index in [-0.39, 0.29) is 55.6 Å². The first-order chi connectivity index (χ1) is 40.1. The molecule has 0 bridgehead atoms. The fourth-order valence-electron chi connectivity index (χ4n) is 7.74. The quantitative estimate of drug-likeness (QED) is 0.0199. The van der Waals surface area contributed by atoms with Gasteiger partial charge in [0, 0.05) is 24.3 Å². The van der Waals surface area contributed by atoms with Crippen molar-refractivity contribution in [3.8, 4) is 0 Å². The molecule has 0 heterocycles. The zero-order valence-electron chi connectivity index (χ0n) is 49.2. The fraction of sp³-hybridized carbons (Fsp3) is 0.706. The summed E-state index contributed by atoms with van der Waals surface area (Å²) >= 11 is 7.79. The lowest BCUT2D eigenvalue weighted by atomic mass is 9.99. The van der Waals surface area contributed by atoms with Gasteiger partial charge in [-0.25, -0.2) is 4.79 Å². The first-order valence-corrected chi connectivity index (χ1v) is 28.9. The van der Waals surface area contributed by atoms with Gasteiger partial charge in [-0.15, -0.1) is 0 Å². The van der Waals surface area contributed by atoms with Crippen LogP contribution in [0.3, 0.4) is 0 Å². The Morgan fingerprint density at radius 3 is 1.34 bits per heavy atom. The van der Waals surface area contributed by atoms with Crippen molar-refractivity contribution in [1.29, 1.82) is 0 Å². The SMILES string of the molecule is CC(C)C[C@H](NC(=O)[C@H](CC(C)C)NC(=O)[C@H](CCC(N)=O)NC(=O)[C@H](CO)NC(=O)[C@@H](NC(=O)[C@H](CCC(=O)O)NC(=O)[C@@H](N)CS)C(C)C)C(=O)N[C@@H](CCCCN)C(=O)NCC(=O)N[C@@H](CC(=O)O)C(=O)N[C@@H](C)C(=O)N[C@@H](CS)C(=O)O. The molecule has 0 aromatic heterocycles. The molecule has 0 aromatic rings. The average molecular weight is 1270 g/mol. The molecule has 86 heavy (non-hydrogen) atoms. The number of hydrogen-bond acceptors (Lipinski definition) is 20. The molecule has 488 valence electrons. The standard InChI is InChI=1S/C51H88N14O19S2/c1-23(2)16-31(47(79)59-28(10-8-9-15-52)43(75)55-19-37(68)57-33(18-39(71)72)46(78)56-26(7)41(73)64-35(22-86)51(83)84)62-48(80)32(17-24(3)4)61-44(76)29(11-13-36(54)67)60-49(81)34(20-66)63-50(82)40(25(5)6)65-45(77)30(12-14-38(69)70)58-42(74)27(53)21-85/h23-35,40,66,85-86H,8-22,52-53H2,1-7H3,(H2,54,67)(H,55,75)(H,56,78)(H,57,68)(H,58,74)(H,59,79)(H,60,81)(H,61,76)(H,62,80)(H,63,82)(H,64,73)(H,65,77)(H,69,70)(H,71,72)(H,83,84)/t26-,27-,28-,29-,30-,31-,32-,33-,34-,35-,40-/m0/s1. The number of aliphatic hydroxyl groups is 1. The summed E-state index contributed by atoms with van der Waals surface area (Å²) in [4.78, 5) is 194. The zero-order chi connectivity index (χ0) is 66.1. The number of carbonyl (C=O) groups is 15. The van der Waals surface area contributed by atoms with Crippen molar-refractivity contribution in [2.75, 3.05) is 31.2 Å². The van der Waals surface area contributed by atoms with Crippen LogP contribution in [-0.2, 0) is 71.9 Å². The highest BCUT2D eigenvalue weighted by atomic mass is 32.1. The summed E-state index contributed by atoms with van der Waals surface area (Å²) in [5, 5.41) is 64.0. The van der Waals surface area contributed by atoms with Crippen molar-refractivity contribution in [2.24, 2.45) is 35.0 Å².